The Bertz CT molecular complexity index is 451. The summed E-state index contributed by atoms with van der Waals surface area (Å²) in [6, 6.07) is 5.09. The van der Waals surface area contributed by atoms with Crippen molar-refractivity contribution < 1.29 is 14.3 Å². The van der Waals surface area contributed by atoms with Crippen LogP contribution in [0.5, 0.6) is 5.75 Å². The van der Waals surface area contributed by atoms with E-state index in [1.807, 2.05) is 0 Å². The van der Waals surface area contributed by atoms with E-state index >= 15 is 0 Å². The topological polar surface area (TPSA) is 85.6 Å². The molecule has 0 unspecified atom stereocenters. The van der Waals surface area contributed by atoms with Crippen LogP contribution in [0, 0.1) is 0 Å². The SMILES string of the molecule is COCC(=O)Nc1ccc(OC)cc1NC(N)=S. The van der Waals surface area contributed by atoms with Crippen LogP contribution in [0.1, 0.15) is 0 Å². The lowest BCUT2D eigenvalue weighted by Gasteiger charge is -2.13. The maximum atomic E-state index is 11.4. The molecule has 0 aliphatic rings. The lowest BCUT2D eigenvalue weighted by Crippen LogP contribution is -2.22. The molecule has 7 heteroatoms. The van der Waals surface area contributed by atoms with E-state index in [1.54, 1.807) is 25.3 Å². The first-order valence-electron chi connectivity index (χ1n) is 5.10. The van der Waals surface area contributed by atoms with Gasteiger partial charge in [0.15, 0.2) is 5.11 Å². The number of benzene rings is 1. The summed E-state index contributed by atoms with van der Waals surface area (Å²) >= 11 is 4.77. The van der Waals surface area contributed by atoms with Crippen LogP contribution in [0.3, 0.4) is 0 Å². The Morgan fingerprint density at radius 1 is 1.33 bits per heavy atom. The van der Waals surface area contributed by atoms with Crippen molar-refractivity contribution in [1.82, 2.24) is 0 Å². The molecule has 1 rings (SSSR count). The minimum atomic E-state index is -0.270. The smallest absolute Gasteiger partial charge is 0.250 e. The van der Waals surface area contributed by atoms with Crippen molar-refractivity contribution in [2.24, 2.45) is 5.73 Å². The molecule has 0 aliphatic heterocycles. The summed E-state index contributed by atoms with van der Waals surface area (Å²) in [4.78, 5) is 11.4. The fourth-order valence-corrected chi connectivity index (χ4v) is 1.42. The van der Waals surface area contributed by atoms with E-state index in [0.717, 1.165) is 0 Å². The molecule has 0 atom stereocenters. The molecule has 0 radical (unpaired) electrons. The van der Waals surface area contributed by atoms with Gasteiger partial charge in [0.05, 0.1) is 18.5 Å². The molecular weight excluding hydrogens is 254 g/mol. The van der Waals surface area contributed by atoms with Crippen molar-refractivity contribution in [2.45, 2.75) is 0 Å². The van der Waals surface area contributed by atoms with Gasteiger partial charge >= 0.3 is 0 Å². The average molecular weight is 269 g/mol. The standard InChI is InChI=1S/C11H15N3O3S/c1-16-6-10(15)13-8-4-3-7(17-2)5-9(8)14-11(12)18/h3-5H,6H2,1-2H3,(H,13,15)(H3,12,14,18). The zero-order valence-electron chi connectivity index (χ0n) is 10.1. The van der Waals surface area contributed by atoms with Gasteiger partial charge in [0, 0.05) is 13.2 Å². The Kier molecular flexibility index (Phi) is 5.34. The normalized spacial score (nSPS) is 9.67. The van der Waals surface area contributed by atoms with Gasteiger partial charge in [-0.2, -0.15) is 0 Å². The van der Waals surface area contributed by atoms with Crippen molar-refractivity contribution in [3.63, 3.8) is 0 Å². The number of carbonyl (C=O) groups excluding carboxylic acids is 1. The van der Waals surface area contributed by atoms with Gasteiger partial charge in [0.2, 0.25) is 5.91 Å². The van der Waals surface area contributed by atoms with Gasteiger partial charge in [-0.05, 0) is 24.4 Å². The monoisotopic (exact) mass is 269 g/mol. The number of thiocarbonyl (C=S) groups is 1. The number of hydrogen-bond donors (Lipinski definition) is 3. The van der Waals surface area contributed by atoms with Crippen LogP contribution in [0.25, 0.3) is 0 Å². The first-order valence-corrected chi connectivity index (χ1v) is 5.51. The molecule has 0 aliphatic carbocycles. The molecule has 6 nitrogen and oxygen atoms in total. The molecule has 0 saturated carbocycles. The Morgan fingerprint density at radius 2 is 2.06 bits per heavy atom. The molecule has 0 fully saturated rings. The minimum absolute atomic E-state index is 0.0292. The maximum Gasteiger partial charge on any atom is 0.250 e. The fraction of sp³-hybridized carbons (Fsp3) is 0.273. The summed E-state index contributed by atoms with van der Waals surface area (Å²) in [7, 11) is 2.99. The van der Waals surface area contributed by atoms with Crippen LogP contribution in [-0.4, -0.2) is 31.8 Å². The first kappa shape index (κ1) is 14.2. The van der Waals surface area contributed by atoms with Crippen molar-refractivity contribution in [1.29, 1.82) is 0 Å². The van der Waals surface area contributed by atoms with Gasteiger partial charge in [0.1, 0.15) is 12.4 Å². The Labute approximate surface area is 110 Å². The van der Waals surface area contributed by atoms with E-state index in [-0.39, 0.29) is 17.6 Å². The third kappa shape index (κ3) is 4.19. The van der Waals surface area contributed by atoms with Crippen molar-refractivity contribution in [2.75, 3.05) is 31.5 Å². The van der Waals surface area contributed by atoms with E-state index in [9.17, 15) is 4.79 Å². The van der Waals surface area contributed by atoms with E-state index < -0.39 is 0 Å². The summed E-state index contributed by atoms with van der Waals surface area (Å²) in [5, 5.41) is 5.54. The summed E-state index contributed by atoms with van der Waals surface area (Å²) in [5.74, 6) is 0.354. The summed E-state index contributed by atoms with van der Waals surface area (Å²) in [6.07, 6.45) is 0. The number of rotatable bonds is 5. The maximum absolute atomic E-state index is 11.4. The largest absolute Gasteiger partial charge is 0.497 e. The highest BCUT2D eigenvalue weighted by atomic mass is 32.1. The Balaban J connectivity index is 2.94. The third-order valence-corrected chi connectivity index (χ3v) is 2.14. The van der Waals surface area contributed by atoms with Gasteiger partial charge < -0.3 is 25.8 Å². The van der Waals surface area contributed by atoms with E-state index in [4.69, 9.17) is 27.4 Å². The molecule has 4 N–H and O–H groups in total. The molecule has 1 aromatic carbocycles. The molecule has 0 aromatic heterocycles. The van der Waals surface area contributed by atoms with Crippen LogP contribution in [0.4, 0.5) is 11.4 Å². The second kappa shape index (κ2) is 6.77. The van der Waals surface area contributed by atoms with Crippen molar-refractivity contribution >= 4 is 34.6 Å². The van der Waals surface area contributed by atoms with Crippen LogP contribution in [0.15, 0.2) is 18.2 Å². The Morgan fingerprint density at radius 3 is 2.61 bits per heavy atom. The number of carbonyl (C=O) groups is 1. The van der Waals surface area contributed by atoms with E-state index in [1.165, 1.54) is 7.11 Å². The van der Waals surface area contributed by atoms with Gasteiger partial charge in [-0.15, -0.1) is 0 Å². The van der Waals surface area contributed by atoms with Crippen molar-refractivity contribution in [3.05, 3.63) is 18.2 Å². The van der Waals surface area contributed by atoms with Gasteiger partial charge in [-0.1, -0.05) is 0 Å². The lowest BCUT2D eigenvalue weighted by atomic mass is 10.2. The van der Waals surface area contributed by atoms with Crippen LogP contribution < -0.4 is 21.1 Å². The average Bonchev–Trinajstić information content (AvgIpc) is 2.31. The van der Waals surface area contributed by atoms with Crippen LogP contribution >= 0.6 is 12.2 Å². The lowest BCUT2D eigenvalue weighted by molar-refractivity contribution is -0.119. The fourth-order valence-electron chi connectivity index (χ4n) is 1.31. The van der Waals surface area contributed by atoms with Gasteiger partial charge in [-0.3, -0.25) is 4.79 Å². The van der Waals surface area contributed by atoms with E-state index in [2.05, 4.69) is 10.6 Å². The summed E-state index contributed by atoms with van der Waals surface area (Å²) < 4.78 is 9.82. The number of ether oxygens (including phenoxy) is 2. The number of hydrogen-bond acceptors (Lipinski definition) is 4. The number of nitrogens with one attached hydrogen (secondary N) is 2. The highest BCUT2D eigenvalue weighted by Crippen LogP contribution is 2.26. The molecule has 0 heterocycles. The number of anilines is 2. The van der Waals surface area contributed by atoms with Gasteiger partial charge in [-0.25, -0.2) is 0 Å². The van der Waals surface area contributed by atoms with Crippen LogP contribution in [-0.2, 0) is 9.53 Å². The van der Waals surface area contributed by atoms with Gasteiger partial charge in [0.25, 0.3) is 0 Å². The molecule has 98 valence electrons. The quantitative estimate of drug-likeness (QED) is 0.690. The summed E-state index contributed by atoms with van der Waals surface area (Å²) in [6.45, 7) is -0.0292. The van der Waals surface area contributed by atoms with Crippen molar-refractivity contribution in [3.8, 4) is 5.75 Å². The zero-order chi connectivity index (χ0) is 13.5. The molecule has 18 heavy (non-hydrogen) atoms. The molecular formula is C11H15N3O3S. The predicted octanol–water partition coefficient (Wildman–Crippen LogP) is 0.936. The zero-order valence-corrected chi connectivity index (χ0v) is 11.0. The third-order valence-electron chi connectivity index (χ3n) is 2.03. The number of methoxy groups -OCH3 is 2. The Hall–Kier alpha value is -1.86. The predicted molar refractivity (Wildman–Crippen MR) is 73.9 cm³/mol. The molecule has 0 spiro atoms. The minimum Gasteiger partial charge on any atom is -0.497 e. The van der Waals surface area contributed by atoms with E-state index in [0.29, 0.717) is 17.1 Å². The summed E-state index contributed by atoms with van der Waals surface area (Å²) in [5.41, 5.74) is 6.52. The second-order valence-corrected chi connectivity index (χ2v) is 3.82. The number of amides is 1. The molecule has 0 saturated heterocycles. The first-order chi connectivity index (χ1) is 8.56. The molecule has 1 amide bonds. The number of nitrogens with two attached hydrogens (primary N) is 1. The highest BCUT2D eigenvalue weighted by molar-refractivity contribution is 7.80. The molecule has 0 bridgehead atoms. The van der Waals surface area contributed by atoms with Crippen LogP contribution in [0.2, 0.25) is 0 Å². The highest BCUT2D eigenvalue weighted by Gasteiger charge is 2.08. The second-order valence-electron chi connectivity index (χ2n) is 3.38. The molecule has 1 aromatic rings.